The van der Waals surface area contributed by atoms with Gasteiger partial charge in [0.1, 0.15) is 30.1 Å². The lowest BCUT2D eigenvalue weighted by molar-refractivity contribution is -0.129. The summed E-state index contributed by atoms with van der Waals surface area (Å²) in [6, 6.07) is 5.80. The van der Waals surface area contributed by atoms with Crippen molar-refractivity contribution in [2.45, 2.75) is 25.5 Å². The van der Waals surface area contributed by atoms with Crippen LogP contribution in [-0.2, 0) is 4.79 Å². The van der Waals surface area contributed by atoms with E-state index in [0.29, 0.717) is 16.7 Å². The number of carbonyl (C=O) groups is 1. The zero-order valence-corrected chi connectivity index (χ0v) is 15.7. The van der Waals surface area contributed by atoms with Gasteiger partial charge >= 0.3 is 0 Å². The molecule has 0 spiro atoms. The molecule has 2 aromatic carbocycles. The van der Waals surface area contributed by atoms with E-state index in [0.717, 1.165) is 12.1 Å². The van der Waals surface area contributed by atoms with E-state index in [4.69, 9.17) is 9.84 Å². The number of hydrogen-bond acceptors (Lipinski definition) is 4. The van der Waals surface area contributed by atoms with Gasteiger partial charge in [-0.05, 0) is 18.2 Å². The zero-order chi connectivity index (χ0) is 21.6. The SMILES string of the molecule is CC1C(=O)N(c2ccc3nc[nH]c3c2)C1c1c(F)cc(OCC(O)C(F)F)cc1F. The maximum atomic E-state index is 14.8. The van der Waals surface area contributed by atoms with E-state index in [-0.39, 0.29) is 17.2 Å². The number of H-pyrrole nitrogens is 1. The first-order valence-corrected chi connectivity index (χ1v) is 9.12. The number of aromatic nitrogens is 2. The lowest BCUT2D eigenvalue weighted by atomic mass is 9.82. The number of benzene rings is 2. The van der Waals surface area contributed by atoms with Gasteiger partial charge in [-0.3, -0.25) is 4.79 Å². The topological polar surface area (TPSA) is 78.5 Å². The number of fused-ring (bicyclic) bond motifs is 1. The normalized spacial score (nSPS) is 20.0. The summed E-state index contributed by atoms with van der Waals surface area (Å²) in [7, 11) is 0. The van der Waals surface area contributed by atoms with Crippen LogP contribution in [0.4, 0.5) is 23.2 Å². The summed E-state index contributed by atoms with van der Waals surface area (Å²) in [5.74, 6) is -3.25. The Morgan fingerprint density at radius 2 is 1.93 bits per heavy atom. The van der Waals surface area contributed by atoms with Crippen molar-refractivity contribution < 1.29 is 32.2 Å². The highest BCUT2D eigenvalue weighted by Gasteiger charge is 2.48. The molecule has 30 heavy (non-hydrogen) atoms. The molecule has 2 heterocycles. The standard InChI is InChI=1S/C20H17F4N3O3/c1-9-18(27(20(9)29)10-2-3-14-15(4-10)26-8-25-14)17-12(21)5-11(6-13(17)22)30-7-16(28)19(23)24/h2-6,8-9,16,18-19,28H,7H2,1H3,(H,25,26). The van der Waals surface area contributed by atoms with Gasteiger partial charge in [-0.15, -0.1) is 0 Å². The van der Waals surface area contributed by atoms with Crippen LogP contribution in [0.5, 0.6) is 5.75 Å². The molecule has 2 N–H and O–H groups in total. The molecule has 1 aliphatic heterocycles. The van der Waals surface area contributed by atoms with Crippen LogP contribution in [0.3, 0.4) is 0 Å². The molecule has 158 valence electrons. The van der Waals surface area contributed by atoms with Crippen molar-refractivity contribution in [3.63, 3.8) is 0 Å². The Morgan fingerprint density at radius 1 is 1.23 bits per heavy atom. The highest BCUT2D eigenvalue weighted by molar-refractivity contribution is 6.04. The lowest BCUT2D eigenvalue weighted by Crippen LogP contribution is -2.54. The third kappa shape index (κ3) is 3.36. The maximum Gasteiger partial charge on any atom is 0.267 e. The molecule has 1 amide bonds. The minimum absolute atomic E-state index is 0.293. The minimum atomic E-state index is -3.04. The highest BCUT2D eigenvalue weighted by atomic mass is 19.3. The molecule has 1 aromatic heterocycles. The van der Waals surface area contributed by atoms with E-state index < -0.39 is 42.7 Å². The van der Waals surface area contributed by atoms with Gasteiger partial charge in [0.25, 0.3) is 6.43 Å². The predicted molar refractivity (Wildman–Crippen MR) is 99.3 cm³/mol. The molecule has 0 bridgehead atoms. The third-order valence-electron chi connectivity index (χ3n) is 5.12. The molecule has 0 aliphatic carbocycles. The van der Waals surface area contributed by atoms with Crippen molar-refractivity contribution in [3.8, 4) is 5.75 Å². The molecule has 3 aromatic rings. The number of nitrogens with one attached hydrogen (secondary N) is 1. The molecular weight excluding hydrogens is 406 g/mol. The molecule has 4 rings (SSSR count). The number of rotatable bonds is 6. The number of carbonyl (C=O) groups excluding carboxylic acids is 1. The Balaban J connectivity index is 1.63. The second kappa shape index (κ2) is 7.60. The number of β-lactam (4-membered cyclic amide) rings is 1. The van der Waals surface area contributed by atoms with Gasteiger partial charge in [-0.1, -0.05) is 6.92 Å². The number of nitrogens with zero attached hydrogens (tertiary/aromatic N) is 2. The number of amides is 1. The summed E-state index contributed by atoms with van der Waals surface area (Å²) in [5.41, 5.74) is 1.48. The first-order chi connectivity index (χ1) is 14.3. The molecule has 3 unspecified atom stereocenters. The smallest absolute Gasteiger partial charge is 0.267 e. The molecule has 6 nitrogen and oxygen atoms in total. The maximum absolute atomic E-state index is 14.8. The largest absolute Gasteiger partial charge is 0.490 e. The quantitative estimate of drug-likeness (QED) is 0.469. The second-order valence-electron chi connectivity index (χ2n) is 7.06. The predicted octanol–water partition coefficient (Wildman–Crippen LogP) is 3.57. The summed E-state index contributed by atoms with van der Waals surface area (Å²) < 4.78 is 59.1. The lowest BCUT2D eigenvalue weighted by Gasteiger charge is -2.46. The van der Waals surface area contributed by atoms with E-state index in [1.54, 1.807) is 25.1 Å². The number of aliphatic hydroxyl groups is 1. The molecule has 3 atom stereocenters. The summed E-state index contributed by atoms with van der Waals surface area (Å²) in [6.45, 7) is 0.755. The Bertz CT molecular complexity index is 1080. The zero-order valence-electron chi connectivity index (χ0n) is 15.7. The van der Waals surface area contributed by atoms with Crippen LogP contribution in [0.2, 0.25) is 0 Å². The van der Waals surface area contributed by atoms with Crippen LogP contribution in [0.15, 0.2) is 36.7 Å². The summed E-state index contributed by atoms with van der Waals surface area (Å²) in [4.78, 5) is 20.8. The minimum Gasteiger partial charge on any atom is -0.490 e. The van der Waals surface area contributed by atoms with Crippen LogP contribution in [0, 0.1) is 17.6 Å². The van der Waals surface area contributed by atoms with Crippen molar-refractivity contribution in [2.24, 2.45) is 5.92 Å². The number of imidazole rings is 1. The van der Waals surface area contributed by atoms with Crippen LogP contribution in [0.25, 0.3) is 11.0 Å². The Morgan fingerprint density at radius 3 is 2.60 bits per heavy atom. The number of halogens is 4. The monoisotopic (exact) mass is 423 g/mol. The fourth-order valence-corrected chi connectivity index (χ4v) is 3.55. The van der Waals surface area contributed by atoms with Crippen LogP contribution in [-0.4, -0.2) is 40.1 Å². The Labute approximate surface area is 168 Å². The van der Waals surface area contributed by atoms with Gasteiger partial charge in [-0.2, -0.15) is 0 Å². The van der Waals surface area contributed by atoms with Crippen molar-refractivity contribution in [3.05, 3.63) is 53.9 Å². The molecule has 1 saturated heterocycles. The average molecular weight is 423 g/mol. The van der Waals surface area contributed by atoms with E-state index in [2.05, 4.69) is 9.97 Å². The number of alkyl halides is 2. The molecule has 1 aliphatic rings. The van der Waals surface area contributed by atoms with Crippen LogP contribution < -0.4 is 9.64 Å². The van der Waals surface area contributed by atoms with E-state index in [1.165, 1.54) is 11.2 Å². The van der Waals surface area contributed by atoms with Crippen molar-refractivity contribution >= 4 is 22.6 Å². The van der Waals surface area contributed by atoms with Crippen LogP contribution >= 0.6 is 0 Å². The van der Waals surface area contributed by atoms with Gasteiger partial charge in [0.05, 0.1) is 29.3 Å². The number of aromatic amines is 1. The molecule has 0 radical (unpaired) electrons. The number of hydrogen-bond donors (Lipinski definition) is 2. The second-order valence-corrected chi connectivity index (χ2v) is 7.06. The molecular formula is C20H17F4N3O3. The molecule has 1 fully saturated rings. The van der Waals surface area contributed by atoms with Gasteiger partial charge in [-0.25, -0.2) is 22.5 Å². The summed E-state index contributed by atoms with van der Waals surface area (Å²) in [5, 5.41) is 9.09. The summed E-state index contributed by atoms with van der Waals surface area (Å²) in [6.07, 6.45) is -3.62. The van der Waals surface area contributed by atoms with E-state index in [1.807, 2.05) is 0 Å². The van der Waals surface area contributed by atoms with Gasteiger partial charge in [0.2, 0.25) is 5.91 Å². The highest BCUT2D eigenvalue weighted by Crippen LogP contribution is 2.45. The third-order valence-corrected chi connectivity index (χ3v) is 5.12. The Hall–Kier alpha value is -3.14. The van der Waals surface area contributed by atoms with Crippen molar-refractivity contribution in [1.29, 1.82) is 0 Å². The number of anilines is 1. The van der Waals surface area contributed by atoms with Crippen molar-refractivity contribution in [2.75, 3.05) is 11.5 Å². The molecule has 0 saturated carbocycles. The average Bonchev–Trinajstić information content (AvgIpc) is 3.18. The Kier molecular flexibility index (Phi) is 5.10. The fourth-order valence-electron chi connectivity index (χ4n) is 3.55. The van der Waals surface area contributed by atoms with Crippen molar-refractivity contribution in [1.82, 2.24) is 9.97 Å². The van der Waals surface area contributed by atoms with Gasteiger partial charge in [0, 0.05) is 23.4 Å². The first kappa shape index (κ1) is 20.1. The van der Waals surface area contributed by atoms with Gasteiger partial charge < -0.3 is 19.7 Å². The summed E-state index contributed by atoms with van der Waals surface area (Å²) >= 11 is 0. The number of aliphatic hydroxyl groups excluding tert-OH is 1. The number of ether oxygens (including phenoxy) is 1. The van der Waals surface area contributed by atoms with E-state index in [9.17, 15) is 22.4 Å². The fraction of sp³-hybridized carbons (Fsp3) is 0.300. The van der Waals surface area contributed by atoms with E-state index >= 15 is 0 Å². The first-order valence-electron chi connectivity index (χ1n) is 9.12. The van der Waals surface area contributed by atoms with Gasteiger partial charge in [0.15, 0.2) is 0 Å². The molecule has 10 heteroatoms. The van der Waals surface area contributed by atoms with Crippen LogP contribution in [0.1, 0.15) is 18.5 Å².